The zero-order valence-corrected chi connectivity index (χ0v) is 17.4. The van der Waals surface area contributed by atoms with Crippen LogP contribution in [0, 0.1) is 0 Å². The van der Waals surface area contributed by atoms with Gasteiger partial charge in [0.15, 0.2) is 5.82 Å². The standard InChI is InChI=1S/C24H21N5O3/c1-2-31-17-13-11-16(12-14-17)29-22(26-27-28-29)15-25-24(30)23-18-7-3-5-9-20(18)32-21-10-6-4-8-19(21)23/h3-14,23H,2,15H2,1H3,(H,25,30). The summed E-state index contributed by atoms with van der Waals surface area (Å²) < 4.78 is 13.1. The van der Waals surface area contributed by atoms with Crippen molar-refractivity contribution in [1.29, 1.82) is 0 Å². The van der Waals surface area contributed by atoms with Crippen molar-refractivity contribution >= 4 is 5.91 Å². The van der Waals surface area contributed by atoms with E-state index in [-0.39, 0.29) is 12.5 Å². The lowest BCUT2D eigenvalue weighted by molar-refractivity contribution is -0.122. The van der Waals surface area contributed by atoms with Crippen LogP contribution in [0.2, 0.25) is 0 Å². The number of carbonyl (C=O) groups is 1. The van der Waals surface area contributed by atoms with Crippen LogP contribution in [0.25, 0.3) is 5.69 Å². The van der Waals surface area contributed by atoms with Crippen LogP contribution in [0.15, 0.2) is 72.8 Å². The van der Waals surface area contributed by atoms with Crippen molar-refractivity contribution in [3.05, 3.63) is 89.7 Å². The number of nitrogens with one attached hydrogen (secondary N) is 1. The van der Waals surface area contributed by atoms with Gasteiger partial charge in [-0.3, -0.25) is 4.79 Å². The minimum Gasteiger partial charge on any atom is -0.494 e. The molecule has 160 valence electrons. The molecule has 5 rings (SSSR count). The number of fused-ring (bicyclic) bond motifs is 2. The molecule has 0 spiro atoms. The van der Waals surface area contributed by atoms with Crippen LogP contribution in [0.3, 0.4) is 0 Å². The van der Waals surface area contributed by atoms with Gasteiger partial charge in [0.2, 0.25) is 5.91 Å². The summed E-state index contributed by atoms with van der Waals surface area (Å²) in [5.74, 6) is 2.05. The predicted octanol–water partition coefficient (Wildman–Crippen LogP) is 3.62. The summed E-state index contributed by atoms with van der Waals surface area (Å²) >= 11 is 0. The lowest BCUT2D eigenvalue weighted by Gasteiger charge is -2.27. The Balaban J connectivity index is 1.37. The van der Waals surface area contributed by atoms with E-state index in [9.17, 15) is 4.79 Å². The molecule has 0 radical (unpaired) electrons. The number of amides is 1. The zero-order valence-electron chi connectivity index (χ0n) is 17.4. The van der Waals surface area contributed by atoms with Crippen molar-refractivity contribution in [2.45, 2.75) is 19.4 Å². The van der Waals surface area contributed by atoms with Gasteiger partial charge in [0.05, 0.1) is 24.8 Å². The van der Waals surface area contributed by atoms with Gasteiger partial charge in [-0.15, -0.1) is 5.10 Å². The smallest absolute Gasteiger partial charge is 0.232 e. The lowest BCUT2D eigenvalue weighted by atomic mass is 9.87. The van der Waals surface area contributed by atoms with Crippen molar-refractivity contribution in [3.63, 3.8) is 0 Å². The van der Waals surface area contributed by atoms with Crippen LogP contribution in [0.4, 0.5) is 0 Å². The molecule has 0 unspecified atom stereocenters. The molecule has 2 heterocycles. The van der Waals surface area contributed by atoms with E-state index in [2.05, 4.69) is 20.8 Å². The van der Waals surface area contributed by atoms with Gasteiger partial charge in [-0.2, -0.15) is 4.68 Å². The van der Waals surface area contributed by atoms with Crippen molar-refractivity contribution in [3.8, 4) is 22.9 Å². The lowest BCUT2D eigenvalue weighted by Crippen LogP contribution is -2.32. The number of nitrogens with zero attached hydrogens (tertiary/aromatic N) is 4. The molecule has 1 N–H and O–H groups in total. The number of ether oxygens (including phenoxy) is 2. The molecule has 1 amide bonds. The Kier molecular flexibility index (Phi) is 5.25. The molecule has 3 aromatic carbocycles. The molecule has 0 bridgehead atoms. The number of para-hydroxylation sites is 2. The van der Waals surface area contributed by atoms with Crippen LogP contribution < -0.4 is 14.8 Å². The fourth-order valence-corrected chi connectivity index (χ4v) is 3.83. The zero-order chi connectivity index (χ0) is 21.9. The molecule has 4 aromatic rings. The largest absolute Gasteiger partial charge is 0.494 e. The van der Waals surface area contributed by atoms with Crippen molar-refractivity contribution in [1.82, 2.24) is 25.5 Å². The molecule has 8 nitrogen and oxygen atoms in total. The number of aromatic nitrogens is 4. The summed E-state index contributed by atoms with van der Waals surface area (Å²) in [5, 5.41) is 14.9. The number of hydrogen-bond donors (Lipinski definition) is 1. The highest BCUT2D eigenvalue weighted by atomic mass is 16.5. The van der Waals surface area contributed by atoms with Crippen LogP contribution in [0.1, 0.15) is 29.8 Å². The topological polar surface area (TPSA) is 91.2 Å². The van der Waals surface area contributed by atoms with Crippen molar-refractivity contribution in [2.75, 3.05) is 6.61 Å². The second kappa shape index (κ2) is 8.50. The summed E-state index contributed by atoms with van der Waals surface area (Å²) in [5.41, 5.74) is 2.44. The van der Waals surface area contributed by atoms with Crippen LogP contribution in [-0.2, 0) is 11.3 Å². The SMILES string of the molecule is CCOc1ccc(-n2nnnc2CNC(=O)C2c3ccccc3Oc3ccccc32)cc1. The van der Waals surface area contributed by atoms with Gasteiger partial charge in [0, 0.05) is 11.1 Å². The Bertz CT molecular complexity index is 1210. The van der Waals surface area contributed by atoms with Crippen molar-refractivity contribution < 1.29 is 14.3 Å². The number of tetrazole rings is 1. The summed E-state index contributed by atoms with van der Waals surface area (Å²) in [7, 11) is 0. The summed E-state index contributed by atoms with van der Waals surface area (Å²) in [6, 6.07) is 22.6. The third-order valence-electron chi connectivity index (χ3n) is 5.29. The van der Waals surface area contributed by atoms with E-state index < -0.39 is 5.92 Å². The monoisotopic (exact) mass is 427 g/mol. The first-order chi connectivity index (χ1) is 15.7. The second-order valence-corrected chi connectivity index (χ2v) is 7.26. The van der Waals surface area contributed by atoms with E-state index >= 15 is 0 Å². The Labute approximate surface area is 184 Å². The van der Waals surface area contributed by atoms with E-state index in [0.29, 0.717) is 23.9 Å². The number of hydrogen-bond acceptors (Lipinski definition) is 6. The maximum Gasteiger partial charge on any atom is 0.232 e. The van der Waals surface area contributed by atoms with Gasteiger partial charge >= 0.3 is 0 Å². The van der Waals surface area contributed by atoms with Crippen molar-refractivity contribution in [2.24, 2.45) is 0 Å². The van der Waals surface area contributed by atoms with E-state index in [4.69, 9.17) is 9.47 Å². The highest BCUT2D eigenvalue weighted by Crippen LogP contribution is 2.43. The minimum absolute atomic E-state index is 0.144. The third kappa shape index (κ3) is 3.66. The maximum absolute atomic E-state index is 13.3. The van der Waals surface area contributed by atoms with Crippen LogP contribution in [0.5, 0.6) is 17.2 Å². The van der Waals surface area contributed by atoms with Gasteiger partial charge in [0.25, 0.3) is 0 Å². The summed E-state index contributed by atoms with van der Waals surface area (Å²) in [6.07, 6.45) is 0. The Hall–Kier alpha value is -4.20. The number of carbonyl (C=O) groups excluding carboxylic acids is 1. The maximum atomic E-state index is 13.3. The average Bonchev–Trinajstić information content (AvgIpc) is 3.30. The highest BCUT2D eigenvalue weighted by Gasteiger charge is 2.32. The average molecular weight is 427 g/mol. The van der Waals surface area contributed by atoms with Gasteiger partial charge < -0.3 is 14.8 Å². The first-order valence-corrected chi connectivity index (χ1v) is 10.4. The molecular weight excluding hydrogens is 406 g/mol. The quantitative estimate of drug-likeness (QED) is 0.505. The van der Waals surface area contributed by atoms with E-state index in [0.717, 1.165) is 22.6 Å². The number of rotatable bonds is 6. The normalized spacial score (nSPS) is 12.4. The molecule has 0 fully saturated rings. The molecule has 0 atom stereocenters. The molecule has 0 aliphatic carbocycles. The van der Waals surface area contributed by atoms with Gasteiger partial charge in [0.1, 0.15) is 17.2 Å². The Morgan fingerprint density at radius 3 is 2.31 bits per heavy atom. The van der Waals surface area contributed by atoms with Crippen LogP contribution in [-0.4, -0.2) is 32.7 Å². The second-order valence-electron chi connectivity index (χ2n) is 7.26. The molecular formula is C24H21N5O3. The Morgan fingerprint density at radius 2 is 1.66 bits per heavy atom. The van der Waals surface area contributed by atoms with E-state index in [1.54, 1.807) is 4.68 Å². The molecule has 1 aliphatic rings. The minimum atomic E-state index is -0.481. The first-order valence-electron chi connectivity index (χ1n) is 10.4. The third-order valence-corrected chi connectivity index (χ3v) is 5.29. The molecule has 0 saturated heterocycles. The highest BCUT2D eigenvalue weighted by molar-refractivity contribution is 5.89. The fraction of sp³-hybridized carbons (Fsp3) is 0.167. The Morgan fingerprint density at radius 1 is 1.00 bits per heavy atom. The first kappa shape index (κ1) is 19.7. The van der Waals surface area contributed by atoms with Crippen LogP contribution >= 0.6 is 0 Å². The predicted molar refractivity (Wildman–Crippen MR) is 117 cm³/mol. The molecule has 8 heteroatoms. The summed E-state index contributed by atoms with van der Waals surface area (Å²) in [4.78, 5) is 13.3. The molecule has 1 aliphatic heterocycles. The molecule has 0 saturated carbocycles. The van der Waals surface area contributed by atoms with Gasteiger partial charge in [-0.25, -0.2) is 0 Å². The molecule has 32 heavy (non-hydrogen) atoms. The van der Waals surface area contributed by atoms with Gasteiger partial charge in [-0.05, 0) is 53.7 Å². The summed E-state index contributed by atoms with van der Waals surface area (Å²) in [6.45, 7) is 2.71. The fourth-order valence-electron chi connectivity index (χ4n) is 3.83. The molecule has 1 aromatic heterocycles. The number of benzene rings is 3. The van der Waals surface area contributed by atoms with E-state index in [1.807, 2.05) is 79.7 Å². The van der Waals surface area contributed by atoms with Gasteiger partial charge in [-0.1, -0.05) is 36.4 Å². The van der Waals surface area contributed by atoms with E-state index in [1.165, 1.54) is 0 Å².